The van der Waals surface area contributed by atoms with E-state index in [1.54, 1.807) is 75.4 Å². The Labute approximate surface area is 297 Å². The van der Waals surface area contributed by atoms with Gasteiger partial charge in [0.15, 0.2) is 29.2 Å². The highest BCUT2D eigenvalue weighted by molar-refractivity contribution is 9.10. The summed E-state index contributed by atoms with van der Waals surface area (Å²) in [5.41, 5.74) is 5.63. The molecule has 2 atom stereocenters. The Hall–Kier alpha value is -5.28. The molecule has 4 rings (SSSR count). The molecule has 1 aliphatic heterocycles. The van der Waals surface area contributed by atoms with E-state index in [4.69, 9.17) is 28.4 Å². The summed E-state index contributed by atoms with van der Waals surface area (Å²) in [6, 6.07) is 14.1. The molecule has 0 spiro atoms. The van der Waals surface area contributed by atoms with Gasteiger partial charge in [-0.25, -0.2) is 14.4 Å². The maximum absolute atomic E-state index is 12.5. The summed E-state index contributed by atoms with van der Waals surface area (Å²) >= 11 is 3.47. The number of hydrazone groups is 1. The van der Waals surface area contributed by atoms with Crippen molar-refractivity contribution >= 4 is 40.1 Å². The Kier molecular flexibility index (Phi) is 13.5. The Morgan fingerprint density at radius 2 is 1.74 bits per heavy atom. The quantitative estimate of drug-likeness (QED) is 0.0689. The number of benzene rings is 3. The lowest BCUT2D eigenvalue weighted by Gasteiger charge is -2.28. The highest BCUT2D eigenvalue weighted by Gasteiger charge is 2.32. The van der Waals surface area contributed by atoms with Crippen molar-refractivity contribution in [1.82, 2.24) is 16.1 Å². The molecular formula is C35H39BrN4O10. The highest BCUT2D eigenvalue weighted by atomic mass is 79.9. The van der Waals surface area contributed by atoms with Crippen molar-refractivity contribution in [2.45, 2.75) is 39.6 Å². The van der Waals surface area contributed by atoms with Crippen LogP contribution in [0, 0.1) is 0 Å². The molecule has 0 saturated carbocycles. The lowest BCUT2D eigenvalue weighted by molar-refractivity contribution is -0.136. The van der Waals surface area contributed by atoms with Crippen LogP contribution in [0.3, 0.4) is 0 Å². The van der Waals surface area contributed by atoms with Gasteiger partial charge in [-0.2, -0.15) is 5.10 Å². The maximum Gasteiger partial charge on any atom is 0.338 e. The number of allylic oxidation sites excluding steroid dienone is 1. The van der Waals surface area contributed by atoms with Crippen LogP contribution < -0.4 is 35.0 Å². The molecule has 0 radical (unpaired) electrons. The predicted octanol–water partition coefficient (Wildman–Crippen LogP) is 4.73. The average molecular weight is 756 g/mol. The fraction of sp³-hybridized carbons (Fsp3) is 0.314. The van der Waals surface area contributed by atoms with Crippen molar-refractivity contribution in [2.24, 2.45) is 5.10 Å². The molecule has 1 heterocycles. The van der Waals surface area contributed by atoms with Crippen LogP contribution in [0.15, 0.2) is 75.4 Å². The largest absolute Gasteiger partial charge is 0.493 e. The summed E-state index contributed by atoms with van der Waals surface area (Å²) in [5.74, 6) is 0.544. The van der Waals surface area contributed by atoms with E-state index in [2.05, 4.69) is 37.1 Å². The van der Waals surface area contributed by atoms with Gasteiger partial charge < -0.3 is 44.2 Å². The summed E-state index contributed by atoms with van der Waals surface area (Å²) < 4.78 is 33.9. The van der Waals surface area contributed by atoms with E-state index in [-0.39, 0.29) is 18.8 Å². The molecular weight excluding hydrogens is 716 g/mol. The minimum atomic E-state index is -1.23. The zero-order chi connectivity index (χ0) is 36.2. The van der Waals surface area contributed by atoms with Gasteiger partial charge in [0, 0.05) is 15.7 Å². The average Bonchev–Trinajstić information content (AvgIpc) is 3.10. The third kappa shape index (κ3) is 9.66. The first-order chi connectivity index (χ1) is 24.1. The number of rotatable bonds is 16. The molecule has 0 saturated heterocycles. The lowest BCUT2D eigenvalue weighted by atomic mass is 9.95. The second kappa shape index (κ2) is 17.9. The van der Waals surface area contributed by atoms with E-state index in [0.717, 1.165) is 5.56 Å². The van der Waals surface area contributed by atoms with Gasteiger partial charge in [0.05, 0.1) is 50.8 Å². The molecule has 0 bridgehead atoms. The first-order valence-electron chi connectivity index (χ1n) is 15.6. The molecule has 14 nitrogen and oxygen atoms in total. The van der Waals surface area contributed by atoms with Crippen LogP contribution in [0.25, 0.3) is 0 Å². The van der Waals surface area contributed by atoms with E-state index in [1.165, 1.54) is 20.4 Å². The molecule has 50 heavy (non-hydrogen) atoms. The normalized spacial score (nSPS) is 14.7. The fourth-order valence-corrected chi connectivity index (χ4v) is 5.37. The summed E-state index contributed by atoms with van der Waals surface area (Å²) in [6.45, 7) is 5.73. The van der Waals surface area contributed by atoms with Crippen LogP contribution in [0.5, 0.6) is 23.0 Å². The van der Waals surface area contributed by atoms with Gasteiger partial charge >= 0.3 is 18.0 Å². The number of nitrogens with one attached hydrogen (secondary N) is 3. The molecule has 0 fully saturated rings. The molecule has 3 aromatic carbocycles. The van der Waals surface area contributed by atoms with Crippen LogP contribution in [0.4, 0.5) is 4.79 Å². The fourth-order valence-electron chi connectivity index (χ4n) is 4.91. The van der Waals surface area contributed by atoms with Gasteiger partial charge in [-0.3, -0.25) is 5.43 Å². The zero-order valence-electron chi connectivity index (χ0n) is 28.2. The third-order valence-electron chi connectivity index (χ3n) is 7.22. The number of aliphatic hydroxyl groups is 1. The SMILES string of the molecule is CCOC(=O)c1ccc(COc2c(/C=N/N[C@H](O)COc3ccc([C@@H]4NC(=O)NC(C)=C4C(=O)OC)cc3OCC)cc(Br)cc2OC)cc1. The first kappa shape index (κ1) is 37.5. The predicted molar refractivity (Wildman–Crippen MR) is 186 cm³/mol. The van der Waals surface area contributed by atoms with Crippen molar-refractivity contribution in [1.29, 1.82) is 0 Å². The number of aliphatic hydroxyl groups excluding tert-OH is 1. The van der Waals surface area contributed by atoms with Crippen LogP contribution in [-0.2, 0) is 20.9 Å². The molecule has 0 unspecified atom stereocenters. The van der Waals surface area contributed by atoms with Gasteiger partial charge in [0.2, 0.25) is 0 Å². The van der Waals surface area contributed by atoms with E-state index < -0.39 is 30.2 Å². The van der Waals surface area contributed by atoms with Crippen LogP contribution in [0.2, 0.25) is 0 Å². The first-order valence-corrected chi connectivity index (χ1v) is 16.4. The molecule has 15 heteroatoms. The Balaban J connectivity index is 1.42. The van der Waals surface area contributed by atoms with Crippen molar-refractivity contribution < 1.29 is 47.9 Å². The van der Waals surface area contributed by atoms with Gasteiger partial charge in [-0.05, 0) is 68.3 Å². The number of ether oxygens (including phenoxy) is 6. The van der Waals surface area contributed by atoms with Crippen molar-refractivity contribution in [3.63, 3.8) is 0 Å². The summed E-state index contributed by atoms with van der Waals surface area (Å²) in [6.07, 6.45) is 0.245. The molecule has 4 N–H and O–H groups in total. The minimum Gasteiger partial charge on any atom is -0.493 e. The van der Waals surface area contributed by atoms with E-state index in [0.29, 0.717) is 63.1 Å². The Morgan fingerprint density at radius 1 is 0.980 bits per heavy atom. The second-order valence-corrected chi connectivity index (χ2v) is 11.6. The van der Waals surface area contributed by atoms with E-state index in [9.17, 15) is 19.5 Å². The summed E-state index contributed by atoms with van der Waals surface area (Å²) in [7, 11) is 2.78. The van der Waals surface area contributed by atoms with Gasteiger partial charge in [0.1, 0.15) is 13.2 Å². The standard InChI is InChI=1S/C35H39BrN4O10/c1-6-47-27-15-23(31-30(34(43)46-5)20(3)38-35(44)39-31)12-13-26(27)49-19-29(41)40-37-17-24-14-25(36)16-28(45-4)32(24)50-18-21-8-10-22(11-9-21)33(42)48-7-2/h8-17,29,31,40-41H,6-7,18-19H2,1-5H3,(H2,38,39,44)/b37-17+/t29-,31+/m1/s1. The van der Waals surface area contributed by atoms with Crippen LogP contribution >= 0.6 is 15.9 Å². The van der Waals surface area contributed by atoms with Gasteiger partial charge in [-0.15, -0.1) is 0 Å². The van der Waals surface area contributed by atoms with Gasteiger partial charge in [0.25, 0.3) is 0 Å². The molecule has 0 aliphatic carbocycles. The summed E-state index contributed by atoms with van der Waals surface area (Å²) in [5, 5.41) is 20.1. The number of hydrogen-bond donors (Lipinski definition) is 4. The topological polar surface area (TPSA) is 175 Å². The van der Waals surface area contributed by atoms with Crippen molar-refractivity contribution in [2.75, 3.05) is 34.0 Å². The summed E-state index contributed by atoms with van der Waals surface area (Å²) in [4.78, 5) is 36.7. The monoisotopic (exact) mass is 754 g/mol. The Bertz CT molecular complexity index is 1750. The lowest BCUT2D eigenvalue weighted by Crippen LogP contribution is -2.45. The number of carbonyl (C=O) groups excluding carboxylic acids is 3. The van der Waals surface area contributed by atoms with Crippen molar-refractivity contribution in [3.05, 3.63) is 92.6 Å². The number of carbonyl (C=O) groups is 3. The molecule has 3 aromatic rings. The molecule has 2 amide bonds. The maximum atomic E-state index is 12.5. The van der Waals surface area contributed by atoms with Crippen LogP contribution in [0.1, 0.15) is 53.9 Å². The Morgan fingerprint density at radius 3 is 2.42 bits per heavy atom. The zero-order valence-corrected chi connectivity index (χ0v) is 29.8. The minimum absolute atomic E-state index is 0.177. The third-order valence-corrected chi connectivity index (χ3v) is 7.67. The smallest absolute Gasteiger partial charge is 0.338 e. The van der Waals surface area contributed by atoms with Crippen LogP contribution in [-0.4, -0.2) is 69.6 Å². The number of nitrogens with zero attached hydrogens (tertiary/aromatic N) is 1. The number of methoxy groups -OCH3 is 2. The number of hydrogen-bond acceptors (Lipinski definition) is 12. The highest BCUT2D eigenvalue weighted by Crippen LogP contribution is 2.36. The number of halogens is 1. The van der Waals surface area contributed by atoms with Gasteiger partial charge in [-0.1, -0.05) is 34.1 Å². The number of urea groups is 1. The van der Waals surface area contributed by atoms with E-state index in [1.807, 2.05) is 0 Å². The molecule has 266 valence electrons. The van der Waals surface area contributed by atoms with Crippen molar-refractivity contribution in [3.8, 4) is 23.0 Å². The number of esters is 2. The molecule has 0 aromatic heterocycles. The van der Waals surface area contributed by atoms with E-state index >= 15 is 0 Å². The second-order valence-electron chi connectivity index (χ2n) is 10.6. The molecule has 1 aliphatic rings. The number of amides is 2.